The van der Waals surface area contributed by atoms with Crippen molar-refractivity contribution < 1.29 is 4.79 Å². The van der Waals surface area contributed by atoms with Crippen molar-refractivity contribution in [2.45, 2.75) is 32.6 Å². The fraction of sp³-hybridized carbons (Fsp3) is 0.636. The van der Waals surface area contributed by atoms with Crippen molar-refractivity contribution in [1.29, 1.82) is 0 Å². The van der Waals surface area contributed by atoms with Crippen molar-refractivity contribution in [1.82, 2.24) is 4.98 Å². The molecule has 1 aromatic heterocycles. The molecule has 0 radical (unpaired) electrons. The summed E-state index contributed by atoms with van der Waals surface area (Å²) in [7, 11) is 0. The molecule has 1 heterocycles. The van der Waals surface area contributed by atoms with Crippen LogP contribution in [0.25, 0.3) is 0 Å². The van der Waals surface area contributed by atoms with Crippen LogP contribution in [0.15, 0.2) is 11.7 Å². The van der Waals surface area contributed by atoms with E-state index >= 15 is 0 Å². The second kappa shape index (κ2) is 4.22. The van der Waals surface area contributed by atoms with Gasteiger partial charge in [0.15, 0.2) is 0 Å². The maximum absolute atomic E-state index is 11.8. The van der Waals surface area contributed by atoms with E-state index in [0.717, 1.165) is 23.6 Å². The average molecular weight is 209 g/mol. The summed E-state index contributed by atoms with van der Waals surface area (Å²) in [6.45, 7) is 2.24. The van der Waals surface area contributed by atoms with Gasteiger partial charge in [-0.1, -0.05) is 6.92 Å². The van der Waals surface area contributed by atoms with E-state index in [4.69, 9.17) is 0 Å². The lowest BCUT2D eigenvalue weighted by Gasteiger charge is -2.06. The van der Waals surface area contributed by atoms with Gasteiger partial charge in [0.05, 0.1) is 5.51 Å². The van der Waals surface area contributed by atoms with E-state index in [2.05, 4.69) is 11.9 Å². The lowest BCUT2D eigenvalue weighted by Crippen LogP contribution is -2.13. The van der Waals surface area contributed by atoms with E-state index < -0.39 is 0 Å². The number of carbonyl (C=O) groups is 1. The predicted octanol–water partition coefficient (Wildman–Crippen LogP) is 2.69. The van der Waals surface area contributed by atoms with E-state index in [1.54, 1.807) is 23.0 Å². The van der Waals surface area contributed by atoms with Crippen molar-refractivity contribution in [3.8, 4) is 0 Å². The molecule has 76 valence electrons. The highest BCUT2D eigenvalue weighted by Crippen LogP contribution is 2.31. The molecule has 2 rings (SSSR count). The molecule has 14 heavy (non-hydrogen) atoms. The van der Waals surface area contributed by atoms with Crippen molar-refractivity contribution in [3.63, 3.8) is 0 Å². The number of ketones is 1. The molecular weight excluding hydrogens is 194 g/mol. The van der Waals surface area contributed by atoms with Crippen LogP contribution in [0.3, 0.4) is 0 Å². The molecule has 1 aliphatic carbocycles. The minimum absolute atomic E-state index is 0.326. The summed E-state index contributed by atoms with van der Waals surface area (Å²) in [4.78, 5) is 16.9. The summed E-state index contributed by atoms with van der Waals surface area (Å²) in [6, 6.07) is 0. The van der Waals surface area contributed by atoms with Crippen LogP contribution in [-0.4, -0.2) is 10.8 Å². The fourth-order valence-corrected chi connectivity index (χ4v) is 2.75. The largest absolute Gasteiger partial charge is 0.299 e. The third-order valence-corrected chi connectivity index (χ3v) is 3.76. The number of nitrogens with zero attached hydrogens (tertiary/aromatic N) is 1. The van der Waals surface area contributed by atoms with Crippen molar-refractivity contribution in [2.24, 2.45) is 11.8 Å². The quantitative estimate of drug-likeness (QED) is 0.766. The van der Waals surface area contributed by atoms with E-state index in [9.17, 15) is 4.79 Å². The SMILES string of the molecule is CC1CCC(C(=O)Cc2cncs2)C1. The molecule has 0 N–H and O–H groups in total. The van der Waals surface area contributed by atoms with Gasteiger partial charge in [-0.25, -0.2) is 0 Å². The van der Waals surface area contributed by atoms with Crippen LogP contribution >= 0.6 is 11.3 Å². The third-order valence-electron chi connectivity index (χ3n) is 2.98. The highest BCUT2D eigenvalue weighted by molar-refractivity contribution is 7.09. The Kier molecular flexibility index (Phi) is 2.96. The van der Waals surface area contributed by atoms with Gasteiger partial charge in [0.1, 0.15) is 5.78 Å². The number of hydrogen-bond acceptors (Lipinski definition) is 3. The molecule has 1 aliphatic rings. The first-order valence-electron chi connectivity index (χ1n) is 5.16. The van der Waals surface area contributed by atoms with Crippen LogP contribution < -0.4 is 0 Å². The smallest absolute Gasteiger partial charge is 0.141 e. The molecule has 3 heteroatoms. The van der Waals surface area contributed by atoms with E-state index in [1.807, 2.05) is 0 Å². The molecular formula is C11H15NOS. The van der Waals surface area contributed by atoms with Crippen LogP contribution in [0.4, 0.5) is 0 Å². The topological polar surface area (TPSA) is 30.0 Å². The Morgan fingerprint density at radius 3 is 3.07 bits per heavy atom. The van der Waals surface area contributed by atoms with Crippen LogP contribution in [-0.2, 0) is 11.2 Å². The van der Waals surface area contributed by atoms with Gasteiger partial charge < -0.3 is 0 Å². The number of hydrogen-bond donors (Lipinski definition) is 0. The van der Waals surface area contributed by atoms with Crippen molar-refractivity contribution in [3.05, 3.63) is 16.6 Å². The lowest BCUT2D eigenvalue weighted by molar-refractivity contribution is -0.122. The monoisotopic (exact) mass is 209 g/mol. The first-order chi connectivity index (χ1) is 6.75. The zero-order valence-electron chi connectivity index (χ0n) is 8.40. The Balaban J connectivity index is 1.90. The van der Waals surface area contributed by atoms with Gasteiger partial charge in [0.2, 0.25) is 0 Å². The summed E-state index contributed by atoms with van der Waals surface area (Å²) in [5.74, 6) is 1.48. The van der Waals surface area contributed by atoms with Gasteiger partial charge in [-0.15, -0.1) is 11.3 Å². The molecule has 1 aromatic rings. The van der Waals surface area contributed by atoms with Crippen LogP contribution in [0, 0.1) is 11.8 Å². The first-order valence-corrected chi connectivity index (χ1v) is 6.03. The molecule has 1 fully saturated rings. The van der Waals surface area contributed by atoms with Crippen LogP contribution in [0.2, 0.25) is 0 Å². The summed E-state index contributed by atoms with van der Waals surface area (Å²) in [6.07, 6.45) is 5.82. The molecule has 0 bridgehead atoms. The van der Waals surface area contributed by atoms with Crippen LogP contribution in [0.1, 0.15) is 31.1 Å². The van der Waals surface area contributed by atoms with E-state index in [1.165, 1.54) is 6.42 Å². The maximum Gasteiger partial charge on any atom is 0.141 e. The van der Waals surface area contributed by atoms with Crippen molar-refractivity contribution >= 4 is 17.1 Å². The van der Waals surface area contributed by atoms with Crippen molar-refractivity contribution in [2.75, 3.05) is 0 Å². The predicted molar refractivity (Wildman–Crippen MR) is 57.3 cm³/mol. The zero-order valence-corrected chi connectivity index (χ0v) is 9.22. The molecule has 1 saturated carbocycles. The second-order valence-electron chi connectivity index (χ2n) is 4.23. The molecule has 2 unspecified atom stereocenters. The average Bonchev–Trinajstić information content (AvgIpc) is 2.75. The Morgan fingerprint density at radius 1 is 1.64 bits per heavy atom. The highest BCUT2D eigenvalue weighted by atomic mass is 32.1. The summed E-state index contributed by atoms with van der Waals surface area (Å²) < 4.78 is 0. The Labute approximate surface area is 88.4 Å². The standard InChI is InChI=1S/C11H15NOS/c1-8-2-3-9(4-8)11(13)5-10-6-12-7-14-10/h6-9H,2-5H2,1H3. The molecule has 0 aliphatic heterocycles. The molecule has 0 saturated heterocycles. The van der Waals surface area contributed by atoms with Gasteiger partial charge >= 0.3 is 0 Å². The van der Waals surface area contributed by atoms with Crippen LogP contribution in [0.5, 0.6) is 0 Å². The summed E-state index contributed by atoms with van der Waals surface area (Å²) in [5.41, 5.74) is 1.79. The van der Waals surface area contributed by atoms with Gasteiger partial charge in [-0.2, -0.15) is 0 Å². The second-order valence-corrected chi connectivity index (χ2v) is 5.20. The summed E-state index contributed by atoms with van der Waals surface area (Å²) >= 11 is 1.58. The number of aromatic nitrogens is 1. The zero-order chi connectivity index (χ0) is 9.97. The molecule has 0 aromatic carbocycles. The Morgan fingerprint density at radius 2 is 2.50 bits per heavy atom. The number of Topliss-reactive ketones (excluding diaryl/α,β-unsaturated/α-hetero) is 1. The number of carbonyl (C=O) groups excluding carboxylic acids is 1. The summed E-state index contributed by atoms with van der Waals surface area (Å²) in [5, 5.41) is 0. The number of rotatable bonds is 3. The minimum atomic E-state index is 0.326. The van der Waals surface area contributed by atoms with Gasteiger partial charge in [0, 0.05) is 23.4 Å². The van der Waals surface area contributed by atoms with Gasteiger partial charge in [-0.3, -0.25) is 9.78 Å². The normalized spacial score (nSPS) is 26.6. The van der Waals surface area contributed by atoms with Gasteiger partial charge in [0.25, 0.3) is 0 Å². The Bertz CT molecular complexity index is 307. The minimum Gasteiger partial charge on any atom is -0.299 e. The molecule has 0 spiro atoms. The first kappa shape index (κ1) is 9.84. The maximum atomic E-state index is 11.8. The molecule has 2 nitrogen and oxygen atoms in total. The third kappa shape index (κ3) is 2.21. The lowest BCUT2D eigenvalue weighted by atomic mass is 9.98. The van der Waals surface area contributed by atoms with E-state index in [-0.39, 0.29) is 0 Å². The fourth-order valence-electron chi connectivity index (χ4n) is 2.15. The van der Waals surface area contributed by atoms with E-state index in [0.29, 0.717) is 18.1 Å². The van der Waals surface area contributed by atoms with Gasteiger partial charge in [-0.05, 0) is 25.2 Å². The highest BCUT2D eigenvalue weighted by Gasteiger charge is 2.27. The molecule has 2 atom stereocenters. The number of thiazole rings is 1. The molecule has 0 amide bonds. The Hall–Kier alpha value is -0.700.